The van der Waals surface area contributed by atoms with Gasteiger partial charge < -0.3 is 15.1 Å². The number of piperazine rings is 1. The first-order valence-electron chi connectivity index (χ1n) is 8.74. The van der Waals surface area contributed by atoms with E-state index in [1.807, 2.05) is 41.3 Å². The zero-order valence-corrected chi connectivity index (χ0v) is 14.4. The molecule has 3 aromatic carbocycles. The molecule has 4 rings (SSSR count). The van der Waals surface area contributed by atoms with Crippen LogP contribution in [0.1, 0.15) is 0 Å². The monoisotopic (exact) mass is 349 g/mol. The van der Waals surface area contributed by atoms with Crippen LogP contribution in [0.4, 0.5) is 20.6 Å². The number of fused-ring (bicyclic) bond motifs is 1. The van der Waals surface area contributed by atoms with E-state index in [0.29, 0.717) is 13.1 Å². The first-order valence-corrected chi connectivity index (χ1v) is 8.74. The molecule has 0 aromatic heterocycles. The van der Waals surface area contributed by atoms with E-state index in [2.05, 4.69) is 16.3 Å². The Hall–Kier alpha value is -3.08. The molecule has 2 amide bonds. The quantitative estimate of drug-likeness (QED) is 0.747. The molecule has 1 saturated heterocycles. The summed E-state index contributed by atoms with van der Waals surface area (Å²) in [6.45, 7) is 2.74. The van der Waals surface area contributed by atoms with Gasteiger partial charge >= 0.3 is 6.03 Å². The van der Waals surface area contributed by atoms with Crippen molar-refractivity contribution in [2.75, 3.05) is 36.4 Å². The summed E-state index contributed by atoms with van der Waals surface area (Å²) in [7, 11) is 0. The van der Waals surface area contributed by atoms with E-state index in [1.54, 1.807) is 12.1 Å². The van der Waals surface area contributed by atoms with Gasteiger partial charge in [0.1, 0.15) is 5.82 Å². The summed E-state index contributed by atoms with van der Waals surface area (Å²) in [5.41, 5.74) is 1.79. The highest BCUT2D eigenvalue weighted by atomic mass is 19.1. The summed E-state index contributed by atoms with van der Waals surface area (Å²) >= 11 is 0. The van der Waals surface area contributed by atoms with Crippen molar-refractivity contribution in [2.24, 2.45) is 0 Å². The number of nitrogens with zero attached hydrogens (tertiary/aromatic N) is 2. The third-order valence-corrected chi connectivity index (χ3v) is 4.76. The molecule has 0 unspecified atom stereocenters. The molecule has 0 radical (unpaired) electrons. The number of carbonyl (C=O) groups is 1. The van der Waals surface area contributed by atoms with Crippen LogP contribution in [-0.4, -0.2) is 37.1 Å². The van der Waals surface area contributed by atoms with E-state index in [0.717, 1.165) is 35.2 Å². The van der Waals surface area contributed by atoms with E-state index in [-0.39, 0.29) is 11.8 Å². The van der Waals surface area contributed by atoms with Gasteiger partial charge in [0, 0.05) is 37.6 Å². The van der Waals surface area contributed by atoms with Crippen molar-refractivity contribution in [3.8, 4) is 0 Å². The van der Waals surface area contributed by atoms with Crippen molar-refractivity contribution < 1.29 is 9.18 Å². The minimum atomic E-state index is -0.234. The van der Waals surface area contributed by atoms with Crippen LogP contribution in [0, 0.1) is 5.82 Å². The molecule has 1 N–H and O–H groups in total. The molecule has 1 fully saturated rings. The number of benzene rings is 3. The molecule has 1 heterocycles. The maximum absolute atomic E-state index is 13.0. The number of rotatable bonds is 2. The van der Waals surface area contributed by atoms with Crippen LogP contribution in [0.3, 0.4) is 0 Å². The third kappa shape index (κ3) is 3.47. The van der Waals surface area contributed by atoms with Gasteiger partial charge in [-0.3, -0.25) is 0 Å². The largest absolute Gasteiger partial charge is 0.368 e. The molecule has 3 aromatic rings. The van der Waals surface area contributed by atoms with E-state index in [4.69, 9.17) is 0 Å². The number of urea groups is 1. The smallest absolute Gasteiger partial charge is 0.321 e. The van der Waals surface area contributed by atoms with Crippen LogP contribution in [0.15, 0.2) is 66.7 Å². The van der Waals surface area contributed by atoms with Crippen molar-refractivity contribution in [3.05, 3.63) is 72.5 Å². The van der Waals surface area contributed by atoms with Gasteiger partial charge in [-0.25, -0.2) is 9.18 Å². The maximum Gasteiger partial charge on any atom is 0.321 e. The Morgan fingerprint density at radius 2 is 1.54 bits per heavy atom. The molecule has 0 aliphatic carbocycles. The molecule has 132 valence electrons. The second kappa shape index (κ2) is 7.04. The Morgan fingerprint density at radius 3 is 2.27 bits per heavy atom. The van der Waals surface area contributed by atoms with E-state index in [9.17, 15) is 9.18 Å². The highest BCUT2D eigenvalue weighted by Crippen LogP contribution is 2.20. The van der Waals surface area contributed by atoms with Crippen molar-refractivity contribution in [2.45, 2.75) is 0 Å². The summed E-state index contributed by atoms with van der Waals surface area (Å²) in [5.74, 6) is -0.234. The lowest BCUT2D eigenvalue weighted by molar-refractivity contribution is 0.208. The second-order valence-electron chi connectivity index (χ2n) is 6.44. The molecule has 1 aliphatic rings. The number of amides is 2. The fraction of sp³-hybridized carbons (Fsp3) is 0.190. The normalized spacial score (nSPS) is 14.5. The van der Waals surface area contributed by atoms with Crippen molar-refractivity contribution >= 4 is 28.2 Å². The molecule has 0 bridgehead atoms. The topological polar surface area (TPSA) is 35.6 Å². The van der Waals surface area contributed by atoms with E-state index >= 15 is 0 Å². The zero-order chi connectivity index (χ0) is 17.9. The summed E-state index contributed by atoms with van der Waals surface area (Å²) in [5, 5.41) is 5.24. The minimum absolute atomic E-state index is 0.0842. The van der Waals surface area contributed by atoms with Crippen LogP contribution < -0.4 is 10.2 Å². The number of anilines is 2. The predicted octanol–water partition coefficient (Wildman–Crippen LogP) is 4.33. The number of nitrogens with one attached hydrogen (secondary N) is 1. The lowest BCUT2D eigenvalue weighted by atomic mass is 10.1. The Kier molecular flexibility index (Phi) is 4.44. The van der Waals surface area contributed by atoms with Crippen LogP contribution >= 0.6 is 0 Å². The fourth-order valence-electron chi connectivity index (χ4n) is 3.29. The summed E-state index contributed by atoms with van der Waals surface area (Å²) in [4.78, 5) is 16.5. The van der Waals surface area contributed by atoms with Gasteiger partial charge in [-0.15, -0.1) is 0 Å². The lowest BCUT2D eigenvalue weighted by Gasteiger charge is -2.36. The Labute approximate surface area is 151 Å². The molecular formula is C21H20FN3O. The molecule has 4 nitrogen and oxygen atoms in total. The minimum Gasteiger partial charge on any atom is -0.368 e. The van der Waals surface area contributed by atoms with Crippen LogP contribution in [0.5, 0.6) is 0 Å². The Morgan fingerprint density at radius 1 is 0.846 bits per heavy atom. The number of halogens is 1. The lowest BCUT2D eigenvalue weighted by Crippen LogP contribution is -2.50. The highest BCUT2D eigenvalue weighted by molar-refractivity contribution is 5.93. The fourth-order valence-corrected chi connectivity index (χ4v) is 3.29. The van der Waals surface area contributed by atoms with Crippen molar-refractivity contribution in [1.82, 2.24) is 4.90 Å². The van der Waals surface area contributed by atoms with Gasteiger partial charge in [-0.05, 0) is 47.2 Å². The SMILES string of the molecule is O=C(Nc1ccc2ccccc2c1)N1CCN(c2ccc(F)cc2)CC1. The standard InChI is InChI=1S/C21H20FN3O/c22-18-6-9-20(10-7-18)24-11-13-25(14-12-24)21(26)23-19-8-5-16-3-1-2-4-17(16)15-19/h1-10,15H,11-14H2,(H,23,26). The average Bonchev–Trinajstić information content (AvgIpc) is 2.68. The molecular weight excluding hydrogens is 329 g/mol. The van der Waals surface area contributed by atoms with Gasteiger partial charge in [0.05, 0.1) is 0 Å². The van der Waals surface area contributed by atoms with Crippen molar-refractivity contribution in [3.63, 3.8) is 0 Å². The first-order chi connectivity index (χ1) is 12.7. The van der Waals surface area contributed by atoms with E-state index in [1.165, 1.54) is 12.1 Å². The average molecular weight is 349 g/mol. The molecule has 0 saturated carbocycles. The van der Waals surface area contributed by atoms with Gasteiger partial charge in [0.2, 0.25) is 0 Å². The Balaban J connectivity index is 1.37. The van der Waals surface area contributed by atoms with Crippen molar-refractivity contribution in [1.29, 1.82) is 0 Å². The third-order valence-electron chi connectivity index (χ3n) is 4.76. The summed E-state index contributed by atoms with van der Waals surface area (Å²) in [6, 6.07) is 20.4. The first kappa shape index (κ1) is 16.4. The van der Waals surface area contributed by atoms with E-state index < -0.39 is 0 Å². The molecule has 0 spiro atoms. The number of hydrogen-bond donors (Lipinski definition) is 1. The molecule has 5 heteroatoms. The zero-order valence-electron chi connectivity index (χ0n) is 14.4. The summed E-state index contributed by atoms with van der Waals surface area (Å²) < 4.78 is 13.0. The van der Waals surface area contributed by atoms with Crippen LogP contribution in [0.2, 0.25) is 0 Å². The predicted molar refractivity (Wildman–Crippen MR) is 103 cm³/mol. The maximum atomic E-state index is 13.0. The number of carbonyl (C=O) groups excluding carboxylic acids is 1. The highest BCUT2D eigenvalue weighted by Gasteiger charge is 2.21. The van der Waals surface area contributed by atoms with Gasteiger partial charge in [0.15, 0.2) is 0 Å². The summed E-state index contributed by atoms with van der Waals surface area (Å²) in [6.07, 6.45) is 0. The molecule has 0 atom stereocenters. The molecule has 1 aliphatic heterocycles. The molecule has 26 heavy (non-hydrogen) atoms. The van der Waals surface area contributed by atoms with Gasteiger partial charge in [0.25, 0.3) is 0 Å². The van der Waals surface area contributed by atoms with Gasteiger partial charge in [-0.1, -0.05) is 30.3 Å². The van der Waals surface area contributed by atoms with Crippen LogP contribution in [-0.2, 0) is 0 Å². The van der Waals surface area contributed by atoms with Gasteiger partial charge in [-0.2, -0.15) is 0 Å². The number of hydrogen-bond acceptors (Lipinski definition) is 2. The van der Waals surface area contributed by atoms with Crippen LogP contribution in [0.25, 0.3) is 10.8 Å². The Bertz CT molecular complexity index is 918. The second-order valence-corrected chi connectivity index (χ2v) is 6.44.